The minimum atomic E-state index is -3.14. The van der Waals surface area contributed by atoms with Crippen LogP contribution >= 0.6 is 24.0 Å². The maximum absolute atomic E-state index is 13.5. The van der Waals surface area contributed by atoms with Crippen LogP contribution in [0.5, 0.6) is 0 Å². The molecule has 0 saturated carbocycles. The van der Waals surface area contributed by atoms with E-state index in [-0.39, 0.29) is 41.6 Å². The van der Waals surface area contributed by atoms with Gasteiger partial charge in [-0.1, -0.05) is 6.92 Å². The van der Waals surface area contributed by atoms with Crippen molar-refractivity contribution >= 4 is 50.9 Å². The molecule has 0 radical (unpaired) electrons. The largest absolute Gasteiger partial charge is 0.459 e. The molecule has 1 fully saturated rings. The minimum absolute atomic E-state index is 0. The van der Waals surface area contributed by atoms with Crippen LogP contribution in [-0.4, -0.2) is 50.1 Å². The summed E-state index contributed by atoms with van der Waals surface area (Å²) in [6.07, 6.45) is 2.10. The summed E-state index contributed by atoms with van der Waals surface area (Å²) in [6, 6.07) is 4.65. The average Bonchev–Trinajstić information content (AvgIpc) is 3.02. The predicted molar refractivity (Wildman–Crippen MR) is 133 cm³/mol. The standard InChI is InChI=1S/C21H31FN4O3S.HI/c1-4-12-30(27,28)26-10-8-17(9-11-26)25-21(23-5-2)24-14-20-15(3)18-13-16(22)6-7-19(18)29-20;/h6-7,13,17H,4-5,8-12,14H2,1-3H3,(H2,23,24,25);1H. The third kappa shape index (κ3) is 6.55. The number of fused-ring (bicyclic) bond motifs is 1. The van der Waals surface area contributed by atoms with E-state index in [0.717, 1.165) is 23.8 Å². The SMILES string of the molecule is CCCS(=O)(=O)N1CCC(NC(=NCc2oc3ccc(F)cc3c2C)NCC)CC1.I. The number of piperidine rings is 1. The highest BCUT2D eigenvalue weighted by Gasteiger charge is 2.27. The molecule has 1 saturated heterocycles. The first-order valence-electron chi connectivity index (χ1n) is 10.5. The van der Waals surface area contributed by atoms with E-state index >= 15 is 0 Å². The molecule has 0 unspecified atom stereocenters. The monoisotopic (exact) mass is 566 g/mol. The highest BCUT2D eigenvalue weighted by molar-refractivity contribution is 14.0. The molecule has 1 aliphatic heterocycles. The molecule has 1 aromatic carbocycles. The van der Waals surface area contributed by atoms with Gasteiger partial charge in [-0.3, -0.25) is 0 Å². The van der Waals surface area contributed by atoms with Crippen LogP contribution in [-0.2, 0) is 16.6 Å². The van der Waals surface area contributed by atoms with Gasteiger partial charge in [-0.2, -0.15) is 0 Å². The number of nitrogens with one attached hydrogen (secondary N) is 2. The molecule has 31 heavy (non-hydrogen) atoms. The van der Waals surface area contributed by atoms with Crippen molar-refractivity contribution < 1.29 is 17.2 Å². The Balaban J connectivity index is 0.00000341. The molecule has 3 rings (SSSR count). The molecule has 2 heterocycles. The number of hydrogen-bond donors (Lipinski definition) is 2. The predicted octanol–water partition coefficient (Wildman–Crippen LogP) is 3.76. The Bertz CT molecular complexity index is 1000. The molecule has 2 N–H and O–H groups in total. The second kappa shape index (κ2) is 11.5. The summed E-state index contributed by atoms with van der Waals surface area (Å²) in [5, 5.41) is 7.40. The first-order chi connectivity index (χ1) is 14.3. The van der Waals surface area contributed by atoms with Gasteiger partial charge in [-0.05, 0) is 51.3 Å². The van der Waals surface area contributed by atoms with E-state index in [0.29, 0.717) is 49.9 Å². The van der Waals surface area contributed by atoms with E-state index in [4.69, 9.17) is 4.42 Å². The van der Waals surface area contributed by atoms with E-state index in [1.807, 2.05) is 20.8 Å². The van der Waals surface area contributed by atoms with Crippen molar-refractivity contribution in [2.24, 2.45) is 4.99 Å². The molecule has 10 heteroatoms. The molecule has 7 nitrogen and oxygen atoms in total. The Morgan fingerprint density at radius 1 is 1.29 bits per heavy atom. The normalized spacial score (nSPS) is 16.3. The molecule has 174 valence electrons. The molecule has 0 bridgehead atoms. The maximum Gasteiger partial charge on any atom is 0.214 e. The van der Waals surface area contributed by atoms with Gasteiger partial charge in [0.1, 0.15) is 23.7 Å². The summed E-state index contributed by atoms with van der Waals surface area (Å²) in [7, 11) is -3.14. The van der Waals surface area contributed by atoms with Crippen LogP contribution in [0.25, 0.3) is 11.0 Å². The summed E-state index contributed by atoms with van der Waals surface area (Å²) >= 11 is 0. The van der Waals surface area contributed by atoms with Crippen molar-refractivity contribution in [2.75, 3.05) is 25.4 Å². The smallest absolute Gasteiger partial charge is 0.214 e. The van der Waals surface area contributed by atoms with Crippen LogP contribution in [0.1, 0.15) is 44.4 Å². The zero-order valence-corrected chi connectivity index (χ0v) is 21.4. The van der Waals surface area contributed by atoms with Crippen LogP contribution in [0.4, 0.5) is 4.39 Å². The summed E-state index contributed by atoms with van der Waals surface area (Å²) in [5.74, 6) is 1.28. The lowest BCUT2D eigenvalue weighted by Gasteiger charge is -2.32. The number of furan rings is 1. The Labute approximate surface area is 200 Å². The first kappa shape index (κ1) is 25.9. The number of sulfonamides is 1. The van der Waals surface area contributed by atoms with E-state index in [9.17, 15) is 12.8 Å². The summed E-state index contributed by atoms with van der Waals surface area (Å²) in [6.45, 7) is 7.86. The van der Waals surface area contributed by atoms with Gasteiger partial charge < -0.3 is 15.1 Å². The van der Waals surface area contributed by atoms with Crippen molar-refractivity contribution in [3.8, 4) is 0 Å². The molecular formula is C21H32FIN4O3S. The van der Waals surface area contributed by atoms with Crippen molar-refractivity contribution in [2.45, 2.75) is 52.6 Å². The average molecular weight is 566 g/mol. The lowest BCUT2D eigenvalue weighted by atomic mass is 10.1. The fourth-order valence-electron chi connectivity index (χ4n) is 3.72. The number of halogens is 2. The van der Waals surface area contributed by atoms with E-state index < -0.39 is 10.0 Å². The summed E-state index contributed by atoms with van der Waals surface area (Å²) in [5.41, 5.74) is 1.54. The number of aryl methyl sites for hydroxylation is 1. The van der Waals surface area contributed by atoms with Crippen LogP contribution in [0.15, 0.2) is 27.6 Å². The second-order valence-electron chi connectivity index (χ2n) is 7.62. The first-order valence-corrected chi connectivity index (χ1v) is 12.1. The van der Waals surface area contributed by atoms with Gasteiger partial charge in [0.05, 0.1) is 5.75 Å². The fourth-order valence-corrected chi connectivity index (χ4v) is 5.27. The fraction of sp³-hybridized carbons (Fsp3) is 0.571. The molecule has 0 spiro atoms. The number of aliphatic imine (C=N–C) groups is 1. The van der Waals surface area contributed by atoms with Gasteiger partial charge >= 0.3 is 0 Å². The van der Waals surface area contributed by atoms with Crippen molar-refractivity contribution in [1.29, 1.82) is 0 Å². The lowest BCUT2D eigenvalue weighted by Crippen LogP contribution is -2.50. The van der Waals surface area contributed by atoms with Crippen LogP contribution in [0.2, 0.25) is 0 Å². The van der Waals surface area contributed by atoms with Crippen LogP contribution < -0.4 is 10.6 Å². The molecule has 1 aromatic heterocycles. The van der Waals surface area contributed by atoms with Gasteiger partial charge in [0.2, 0.25) is 10.0 Å². The van der Waals surface area contributed by atoms with Gasteiger partial charge in [0, 0.05) is 36.6 Å². The Morgan fingerprint density at radius 3 is 2.65 bits per heavy atom. The van der Waals surface area contributed by atoms with E-state index in [2.05, 4.69) is 15.6 Å². The van der Waals surface area contributed by atoms with Gasteiger partial charge in [0.15, 0.2) is 5.96 Å². The molecule has 2 aromatic rings. The summed E-state index contributed by atoms with van der Waals surface area (Å²) in [4.78, 5) is 4.63. The molecule has 0 atom stereocenters. The van der Waals surface area contributed by atoms with Crippen LogP contribution in [0.3, 0.4) is 0 Å². The van der Waals surface area contributed by atoms with Crippen LogP contribution in [0, 0.1) is 12.7 Å². The van der Waals surface area contributed by atoms with Gasteiger partial charge in [-0.15, -0.1) is 24.0 Å². The number of guanidine groups is 1. The quantitative estimate of drug-likeness (QED) is 0.303. The minimum Gasteiger partial charge on any atom is -0.459 e. The third-order valence-electron chi connectivity index (χ3n) is 5.37. The van der Waals surface area contributed by atoms with Gasteiger partial charge in [-0.25, -0.2) is 22.1 Å². The molecule has 0 aliphatic carbocycles. The summed E-state index contributed by atoms with van der Waals surface area (Å²) < 4.78 is 45.4. The van der Waals surface area contributed by atoms with Crippen molar-refractivity contribution in [3.05, 3.63) is 35.3 Å². The Kier molecular flexibility index (Phi) is 9.56. The van der Waals surface area contributed by atoms with Gasteiger partial charge in [0.25, 0.3) is 0 Å². The van der Waals surface area contributed by atoms with Crippen molar-refractivity contribution in [3.63, 3.8) is 0 Å². The Morgan fingerprint density at radius 2 is 2.00 bits per heavy atom. The topological polar surface area (TPSA) is 86.9 Å². The molecular weight excluding hydrogens is 534 g/mol. The number of rotatable bonds is 7. The third-order valence-corrected chi connectivity index (χ3v) is 7.45. The highest BCUT2D eigenvalue weighted by Crippen LogP contribution is 2.26. The zero-order valence-electron chi connectivity index (χ0n) is 18.3. The van der Waals surface area contributed by atoms with E-state index in [1.54, 1.807) is 10.4 Å². The number of benzene rings is 1. The van der Waals surface area contributed by atoms with Crippen molar-refractivity contribution in [1.82, 2.24) is 14.9 Å². The maximum atomic E-state index is 13.5. The zero-order chi connectivity index (χ0) is 21.7. The number of nitrogens with zero attached hydrogens (tertiary/aromatic N) is 2. The second-order valence-corrected chi connectivity index (χ2v) is 9.71. The van der Waals surface area contributed by atoms with E-state index in [1.165, 1.54) is 12.1 Å². The number of hydrogen-bond acceptors (Lipinski definition) is 4. The highest BCUT2D eigenvalue weighted by atomic mass is 127. The lowest BCUT2D eigenvalue weighted by molar-refractivity contribution is 0.306. The molecule has 0 amide bonds. The Hall–Kier alpha value is -1.40. The molecule has 1 aliphatic rings.